The van der Waals surface area contributed by atoms with E-state index in [2.05, 4.69) is 19.6 Å². The zero-order valence-corrected chi connectivity index (χ0v) is 27.2. The minimum atomic E-state index is -0.554. The summed E-state index contributed by atoms with van der Waals surface area (Å²) in [4.78, 5) is 57.3. The quantitative estimate of drug-likeness (QED) is 0.216. The summed E-state index contributed by atoms with van der Waals surface area (Å²) in [6.07, 6.45) is -0.259. The highest BCUT2D eigenvalue weighted by molar-refractivity contribution is 5.94. The van der Waals surface area contributed by atoms with Gasteiger partial charge in [-0.25, -0.2) is 0 Å². The monoisotopic (exact) mass is 620 g/mol. The molecule has 2 aromatic carbocycles. The van der Waals surface area contributed by atoms with Gasteiger partial charge in [0.05, 0.1) is 13.0 Å². The lowest BCUT2D eigenvalue weighted by molar-refractivity contribution is -0.153. The first-order chi connectivity index (χ1) is 21.6. The molecule has 2 aliphatic rings. The second kappa shape index (κ2) is 16.6. The van der Waals surface area contributed by atoms with Crippen LogP contribution in [0.4, 0.5) is 11.4 Å². The van der Waals surface area contributed by atoms with Crippen LogP contribution in [0.3, 0.4) is 0 Å². The van der Waals surface area contributed by atoms with Gasteiger partial charge in [0.15, 0.2) is 17.3 Å². The fraction of sp³-hybridized carbons (Fsp3) is 0.543. The molecule has 0 aliphatic carbocycles. The highest BCUT2D eigenvalue weighted by atomic mass is 16.6. The Morgan fingerprint density at radius 2 is 1.07 bits per heavy atom. The Morgan fingerprint density at radius 3 is 1.49 bits per heavy atom. The summed E-state index contributed by atoms with van der Waals surface area (Å²) in [7, 11) is 0. The van der Waals surface area contributed by atoms with Gasteiger partial charge >= 0.3 is 5.97 Å². The summed E-state index contributed by atoms with van der Waals surface area (Å²) in [6, 6.07) is 15.4. The molecule has 244 valence electrons. The molecule has 0 amide bonds. The molecular weight excluding hydrogens is 572 g/mol. The maximum absolute atomic E-state index is 12.7. The minimum absolute atomic E-state index is 0.0460. The van der Waals surface area contributed by atoms with E-state index in [-0.39, 0.29) is 29.9 Å². The number of esters is 1. The second-order valence-corrected chi connectivity index (χ2v) is 12.1. The highest BCUT2D eigenvalue weighted by Gasteiger charge is 2.22. The van der Waals surface area contributed by atoms with Crippen molar-refractivity contribution in [3.8, 4) is 0 Å². The summed E-state index contributed by atoms with van der Waals surface area (Å²) in [6.45, 7) is 15.1. The Labute approximate surface area is 267 Å². The van der Waals surface area contributed by atoms with Crippen molar-refractivity contribution in [2.24, 2.45) is 0 Å². The van der Waals surface area contributed by atoms with Gasteiger partial charge in [-0.15, -0.1) is 0 Å². The molecule has 0 radical (unpaired) electrons. The Morgan fingerprint density at radius 1 is 0.644 bits per heavy atom. The van der Waals surface area contributed by atoms with E-state index in [0.29, 0.717) is 31.5 Å². The highest BCUT2D eigenvalue weighted by Crippen LogP contribution is 2.19. The number of piperazine rings is 2. The van der Waals surface area contributed by atoms with Crippen LogP contribution in [0, 0.1) is 0 Å². The van der Waals surface area contributed by atoms with Gasteiger partial charge in [0.2, 0.25) is 0 Å². The van der Waals surface area contributed by atoms with Crippen LogP contribution in [-0.4, -0.2) is 117 Å². The summed E-state index contributed by atoms with van der Waals surface area (Å²) >= 11 is 0. The summed E-state index contributed by atoms with van der Waals surface area (Å²) in [5.41, 5.74) is 3.65. The Bertz CT molecular complexity index is 1280. The molecule has 0 saturated carbocycles. The average molecular weight is 621 g/mol. The molecule has 10 nitrogen and oxygen atoms in total. The topological polar surface area (TPSA) is 99.7 Å². The van der Waals surface area contributed by atoms with Crippen LogP contribution in [0.2, 0.25) is 0 Å². The fourth-order valence-corrected chi connectivity index (χ4v) is 5.68. The third-order valence-corrected chi connectivity index (χ3v) is 8.70. The zero-order chi connectivity index (χ0) is 32.3. The molecule has 2 unspecified atom stereocenters. The molecule has 0 aromatic heterocycles. The first-order valence-electron chi connectivity index (χ1n) is 16.1. The number of carbonyl (C=O) groups excluding carboxylic acids is 4. The molecular formula is C35H48N4O6. The zero-order valence-electron chi connectivity index (χ0n) is 27.2. The SMILES string of the molecule is CC(=O)c1ccc(N2CCN(CCC(=O)OC(C)COC(C)C(=O)CCN3CCN(c4ccc(C(C)=O)cc4)CC3)CC2)cc1. The van der Waals surface area contributed by atoms with Crippen molar-refractivity contribution in [2.75, 3.05) is 81.9 Å². The Kier molecular flexibility index (Phi) is 12.7. The summed E-state index contributed by atoms with van der Waals surface area (Å²) < 4.78 is 11.3. The molecule has 45 heavy (non-hydrogen) atoms. The van der Waals surface area contributed by atoms with Gasteiger partial charge in [0.25, 0.3) is 0 Å². The van der Waals surface area contributed by atoms with E-state index in [9.17, 15) is 19.2 Å². The normalized spacial score (nSPS) is 17.5. The number of benzene rings is 2. The maximum Gasteiger partial charge on any atom is 0.307 e. The first kappa shape index (κ1) is 34.3. The van der Waals surface area contributed by atoms with Crippen molar-refractivity contribution in [3.63, 3.8) is 0 Å². The van der Waals surface area contributed by atoms with Crippen LogP contribution in [0.5, 0.6) is 0 Å². The van der Waals surface area contributed by atoms with E-state index in [0.717, 1.165) is 69.3 Å². The number of hydrogen-bond donors (Lipinski definition) is 0. The van der Waals surface area contributed by atoms with Crippen molar-refractivity contribution in [1.82, 2.24) is 9.80 Å². The van der Waals surface area contributed by atoms with E-state index in [1.54, 1.807) is 27.7 Å². The Balaban J connectivity index is 1.05. The van der Waals surface area contributed by atoms with Crippen molar-refractivity contribution in [2.45, 2.75) is 52.7 Å². The molecule has 2 atom stereocenters. The molecule has 10 heteroatoms. The van der Waals surface area contributed by atoms with E-state index in [1.807, 2.05) is 48.5 Å². The van der Waals surface area contributed by atoms with Crippen molar-refractivity contribution >= 4 is 34.7 Å². The van der Waals surface area contributed by atoms with Crippen LogP contribution >= 0.6 is 0 Å². The predicted molar refractivity (Wildman–Crippen MR) is 175 cm³/mol. The van der Waals surface area contributed by atoms with Crippen molar-refractivity contribution in [3.05, 3.63) is 59.7 Å². The van der Waals surface area contributed by atoms with Gasteiger partial charge in [-0.2, -0.15) is 0 Å². The van der Waals surface area contributed by atoms with Crippen molar-refractivity contribution < 1.29 is 28.7 Å². The third kappa shape index (κ3) is 10.5. The van der Waals surface area contributed by atoms with E-state index in [1.165, 1.54) is 0 Å². The lowest BCUT2D eigenvalue weighted by atomic mass is 10.1. The van der Waals surface area contributed by atoms with E-state index in [4.69, 9.17) is 9.47 Å². The second-order valence-electron chi connectivity index (χ2n) is 12.1. The standard InChI is InChI=1S/C35H48N4O6/c1-26(45-35(43)14-16-37-19-23-39(24-20-37)33-11-7-31(8-12-33)28(3)41)25-44-29(4)34(42)13-15-36-17-21-38(22-18-36)32-9-5-30(6-10-32)27(2)40/h5-12,26,29H,13-25H2,1-4H3. The molecule has 2 aliphatic heterocycles. The van der Waals surface area contributed by atoms with E-state index < -0.39 is 12.2 Å². The number of Topliss-reactive ketones (excluding diaryl/α,β-unsaturated/α-hetero) is 3. The van der Waals surface area contributed by atoms with Crippen LogP contribution in [0.25, 0.3) is 0 Å². The maximum atomic E-state index is 12.7. The number of hydrogen-bond acceptors (Lipinski definition) is 10. The van der Waals surface area contributed by atoms with Crippen LogP contribution in [-0.2, 0) is 19.1 Å². The molecule has 2 fully saturated rings. The lowest BCUT2D eigenvalue weighted by Crippen LogP contribution is -2.47. The number of ether oxygens (including phenoxy) is 2. The lowest BCUT2D eigenvalue weighted by Gasteiger charge is -2.36. The minimum Gasteiger partial charge on any atom is -0.460 e. The smallest absolute Gasteiger partial charge is 0.307 e. The Hall–Kier alpha value is -3.60. The number of carbonyl (C=O) groups is 4. The molecule has 0 spiro atoms. The predicted octanol–water partition coefficient (Wildman–Crippen LogP) is 3.72. The number of ketones is 3. The molecule has 2 aromatic rings. The van der Waals surface area contributed by atoms with Gasteiger partial charge in [-0.3, -0.25) is 29.0 Å². The first-order valence-corrected chi connectivity index (χ1v) is 16.1. The summed E-state index contributed by atoms with van der Waals surface area (Å²) in [5.74, 6) is -0.0836. The summed E-state index contributed by atoms with van der Waals surface area (Å²) in [5, 5.41) is 0. The number of rotatable bonds is 15. The van der Waals surface area contributed by atoms with Crippen LogP contribution in [0.1, 0.15) is 61.3 Å². The molecule has 2 heterocycles. The van der Waals surface area contributed by atoms with E-state index >= 15 is 0 Å². The molecule has 0 bridgehead atoms. The largest absolute Gasteiger partial charge is 0.460 e. The van der Waals surface area contributed by atoms with Crippen LogP contribution in [0.15, 0.2) is 48.5 Å². The molecule has 4 rings (SSSR count). The average Bonchev–Trinajstić information content (AvgIpc) is 3.05. The van der Waals surface area contributed by atoms with Crippen molar-refractivity contribution in [1.29, 1.82) is 0 Å². The van der Waals surface area contributed by atoms with Gasteiger partial charge in [-0.1, -0.05) is 0 Å². The number of nitrogens with zero attached hydrogens (tertiary/aromatic N) is 4. The number of anilines is 2. The van der Waals surface area contributed by atoms with Gasteiger partial charge in [-0.05, 0) is 76.2 Å². The van der Waals surface area contributed by atoms with Crippen LogP contribution < -0.4 is 9.80 Å². The molecule has 2 saturated heterocycles. The third-order valence-electron chi connectivity index (χ3n) is 8.70. The fourth-order valence-electron chi connectivity index (χ4n) is 5.68. The van der Waals surface area contributed by atoms with Gasteiger partial charge < -0.3 is 19.3 Å². The van der Waals surface area contributed by atoms with Gasteiger partial charge in [0, 0.05) is 94.4 Å². The van der Waals surface area contributed by atoms with Gasteiger partial charge in [0.1, 0.15) is 12.2 Å². The molecule has 0 N–H and O–H groups in total.